The number of benzene rings is 1. The highest BCUT2D eigenvalue weighted by Gasteiger charge is 2.37. The normalized spacial score (nSPS) is 17.3. The fourth-order valence-electron chi connectivity index (χ4n) is 2.99. The molecular formula is C17H22N2O2. The first-order valence-corrected chi connectivity index (χ1v) is 7.50. The van der Waals surface area contributed by atoms with Crippen LogP contribution in [0.15, 0.2) is 28.7 Å². The second kappa shape index (κ2) is 5.28. The molecule has 0 spiro atoms. The summed E-state index contributed by atoms with van der Waals surface area (Å²) in [6.45, 7) is 9.60. The number of hydrogen-bond donors (Lipinski definition) is 1. The van der Waals surface area contributed by atoms with Gasteiger partial charge in [0.15, 0.2) is 5.76 Å². The molecule has 1 aromatic heterocycles. The average molecular weight is 286 g/mol. The van der Waals surface area contributed by atoms with E-state index in [1.165, 1.54) is 0 Å². The lowest BCUT2D eigenvalue weighted by atomic mass is 9.94. The minimum Gasteiger partial charge on any atom is -0.453 e. The van der Waals surface area contributed by atoms with Gasteiger partial charge in [-0.15, -0.1) is 0 Å². The predicted molar refractivity (Wildman–Crippen MR) is 83.8 cm³/mol. The molecule has 4 heteroatoms. The van der Waals surface area contributed by atoms with Crippen LogP contribution in [0.2, 0.25) is 0 Å². The van der Waals surface area contributed by atoms with Crippen molar-refractivity contribution < 1.29 is 9.21 Å². The molecule has 112 valence electrons. The van der Waals surface area contributed by atoms with E-state index in [1.54, 1.807) is 0 Å². The molecule has 1 aliphatic rings. The molecule has 2 heterocycles. The molecular weight excluding hydrogens is 264 g/mol. The Balaban J connectivity index is 1.93. The Kier molecular flexibility index (Phi) is 3.59. The summed E-state index contributed by atoms with van der Waals surface area (Å²) >= 11 is 0. The Hall–Kier alpha value is -1.65. The molecule has 1 aromatic carbocycles. The van der Waals surface area contributed by atoms with Crippen LogP contribution in [-0.2, 0) is 0 Å². The zero-order valence-electron chi connectivity index (χ0n) is 12.9. The summed E-state index contributed by atoms with van der Waals surface area (Å²) in [5, 5.41) is 4.31. The van der Waals surface area contributed by atoms with Crippen LogP contribution >= 0.6 is 0 Å². The van der Waals surface area contributed by atoms with E-state index in [4.69, 9.17) is 4.42 Å². The van der Waals surface area contributed by atoms with Gasteiger partial charge in [0.05, 0.1) is 5.54 Å². The molecule has 21 heavy (non-hydrogen) atoms. The molecule has 0 bridgehead atoms. The highest BCUT2D eigenvalue weighted by atomic mass is 16.3. The van der Waals surface area contributed by atoms with Crippen molar-refractivity contribution in [1.82, 2.24) is 10.2 Å². The summed E-state index contributed by atoms with van der Waals surface area (Å²) in [6, 6.07) is 7.85. The number of rotatable bonds is 3. The maximum absolute atomic E-state index is 12.9. The van der Waals surface area contributed by atoms with Crippen LogP contribution in [0.3, 0.4) is 0 Å². The van der Waals surface area contributed by atoms with Gasteiger partial charge in [0, 0.05) is 31.6 Å². The smallest absolute Gasteiger partial charge is 0.217 e. The Bertz CT molecular complexity index is 666. The van der Waals surface area contributed by atoms with E-state index < -0.39 is 5.54 Å². The molecule has 1 aliphatic heterocycles. The minimum atomic E-state index is -0.538. The topological polar surface area (TPSA) is 45.5 Å². The molecule has 0 amide bonds. The summed E-state index contributed by atoms with van der Waals surface area (Å²) < 4.78 is 5.85. The number of carbonyl (C=O) groups excluding carboxylic acids is 1. The quantitative estimate of drug-likeness (QED) is 0.881. The van der Waals surface area contributed by atoms with Crippen molar-refractivity contribution in [1.29, 1.82) is 0 Å². The van der Waals surface area contributed by atoms with E-state index in [2.05, 4.69) is 10.2 Å². The Morgan fingerprint density at radius 2 is 2.00 bits per heavy atom. The lowest BCUT2D eigenvalue weighted by molar-refractivity contribution is 0.0576. The number of nitrogens with zero attached hydrogens (tertiary/aromatic N) is 1. The molecule has 1 N–H and O–H groups in total. The predicted octanol–water partition coefficient (Wildman–Crippen LogP) is 2.61. The fourth-order valence-corrected chi connectivity index (χ4v) is 2.99. The van der Waals surface area contributed by atoms with Gasteiger partial charge in [-0.05, 0) is 32.4 Å². The van der Waals surface area contributed by atoms with Crippen molar-refractivity contribution in [2.24, 2.45) is 0 Å². The zero-order valence-corrected chi connectivity index (χ0v) is 12.9. The first-order chi connectivity index (χ1) is 10.00. The molecule has 0 unspecified atom stereocenters. The van der Waals surface area contributed by atoms with Gasteiger partial charge in [-0.1, -0.05) is 18.2 Å². The SMILES string of the molecule is Cc1cccc2cc(C(=O)C(C)(C)N3CCNCC3)oc12. The van der Waals surface area contributed by atoms with E-state index in [0.717, 1.165) is 42.7 Å². The average Bonchev–Trinajstić information content (AvgIpc) is 2.93. The van der Waals surface area contributed by atoms with E-state index in [1.807, 2.05) is 45.0 Å². The minimum absolute atomic E-state index is 0.0556. The molecule has 0 radical (unpaired) electrons. The van der Waals surface area contributed by atoms with Crippen molar-refractivity contribution in [2.75, 3.05) is 26.2 Å². The van der Waals surface area contributed by atoms with Crippen LogP contribution < -0.4 is 5.32 Å². The Labute approximate surface area is 125 Å². The van der Waals surface area contributed by atoms with Gasteiger partial charge in [0.25, 0.3) is 0 Å². The van der Waals surface area contributed by atoms with E-state index in [0.29, 0.717) is 5.76 Å². The number of piperazine rings is 1. The summed E-state index contributed by atoms with van der Waals surface area (Å²) in [5.74, 6) is 0.517. The standard InChI is InChI=1S/C17H22N2O2/c1-12-5-4-6-13-11-14(21-15(12)13)16(20)17(2,3)19-9-7-18-8-10-19/h4-6,11,18H,7-10H2,1-3H3. The second-order valence-corrected chi connectivity index (χ2v) is 6.23. The Morgan fingerprint density at radius 1 is 1.29 bits per heavy atom. The van der Waals surface area contributed by atoms with Crippen LogP contribution in [0.5, 0.6) is 0 Å². The third-order valence-electron chi connectivity index (χ3n) is 4.43. The van der Waals surface area contributed by atoms with Gasteiger partial charge < -0.3 is 9.73 Å². The van der Waals surface area contributed by atoms with Gasteiger partial charge in [0.2, 0.25) is 5.78 Å². The number of hydrogen-bond acceptors (Lipinski definition) is 4. The van der Waals surface area contributed by atoms with Gasteiger partial charge in [-0.2, -0.15) is 0 Å². The molecule has 2 aromatic rings. The van der Waals surface area contributed by atoms with Crippen molar-refractivity contribution >= 4 is 16.8 Å². The largest absolute Gasteiger partial charge is 0.453 e. The van der Waals surface area contributed by atoms with Crippen LogP contribution in [-0.4, -0.2) is 42.4 Å². The monoisotopic (exact) mass is 286 g/mol. The summed E-state index contributed by atoms with van der Waals surface area (Å²) in [7, 11) is 0. The summed E-state index contributed by atoms with van der Waals surface area (Å²) in [4.78, 5) is 15.1. The first kappa shape index (κ1) is 14.3. The lowest BCUT2D eigenvalue weighted by Crippen LogP contribution is -2.57. The number of Topliss-reactive ketones (excluding diaryl/α,β-unsaturated/α-hetero) is 1. The lowest BCUT2D eigenvalue weighted by Gasteiger charge is -2.39. The van der Waals surface area contributed by atoms with Crippen molar-refractivity contribution in [3.8, 4) is 0 Å². The maximum Gasteiger partial charge on any atom is 0.217 e. The number of carbonyl (C=O) groups is 1. The summed E-state index contributed by atoms with van der Waals surface area (Å²) in [5.41, 5.74) is 1.34. The third kappa shape index (κ3) is 2.49. The first-order valence-electron chi connectivity index (χ1n) is 7.50. The van der Waals surface area contributed by atoms with Gasteiger partial charge in [-0.25, -0.2) is 0 Å². The van der Waals surface area contributed by atoms with E-state index in [-0.39, 0.29) is 5.78 Å². The Morgan fingerprint density at radius 3 is 2.67 bits per heavy atom. The third-order valence-corrected chi connectivity index (χ3v) is 4.43. The molecule has 3 rings (SSSR count). The van der Waals surface area contributed by atoms with Crippen molar-refractivity contribution in [3.63, 3.8) is 0 Å². The number of ketones is 1. The van der Waals surface area contributed by atoms with Gasteiger partial charge in [-0.3, -0.25) is 9.69 Å². The van der Waals surface area contributed by atoms with Crippen LogP contribution in [0.4, 0.5) is 0 Å². The molecule has 1 fully saturated rings. The van der Waals surface area contributed by atoms with Crippen LogP contribution in [0.25, 0.3) is 11.0 Å². The highest BCUT2D eigenvalue weighted by Crippen LogP contribution is 2.27. The number of para-hydroxylation sites is 1. The van der Waals surface area contributed by atoms with Crippen molar-refractivity contribution in [2.45, 2.75) is 26.3 Å². The number of nitrogens with one attached hydrogen (secondary N) is 1. The van der Waals surface area contributed by atoms with Crippen LogP contribution in [0.1, 0.15) is 30.0 Å². The molecule has 0 saturated carbocycles. The number of fused-ring (bicyclic) bond motifs is 1. The highest BCUT2D eigenvalue weighted by molar-refractivity contribution is 6.03. The molecule has 0 atom stereocenters. The van der Waals surface area contributed by atoms with Crippen LogP contribution in [0, 0.1) is 6.92 Å². The number of aryl methyl sites for hydroxylation is 1. The fraction of sp³-hybridized carbons (Fsp3) is 0.471. The van der Waals surface area contributed by atoms with Gasteiger partial charge >= 0.3 is 0 Å². The zero-order chi connectivity index (χ0) is 15.0. The molecule has 1 saturated heterocycles. The van der Waals surface area contributed by atoms with E-state index >= 15 is 0 Å². The molecule has 0 aliphatic carbocycles. The maximum atomic E-state index is 12.9. The van der Waals surface area contributed by atoms with E-state index in [9.17, 15) is 4.79 Å². The summed E-state index contributed by atoms with van der Waals surface area (Å²) in [6.07, 6.45) is 0. The second-order valence-electron chi connectivity index (χ2n) is 6.23. The van der Waals surface area contributed by atoms with Gasteiger partial charge in [0.1, 0.15) is 5.58 Å². The molecule has 4 nitrogen and oxygen atoms in total. The number of furan rings is 1. The van der Waals surface area contributed by atoms with Crippen molar-refractivity contribution in [3.05, 3.63) is 35.6 Å².